The molecule has 6 aromatic rings. The Labute approximate surface area is 343 Å². The van der Waals surface area contributed by atoms with E-state index in [9.17, 15) is 19.1 Å². The maximum atomic E-state index is 16.2. The summed E-state index contributed by atoms with van der Waals surface area (Å²) in [5, 5.41) is 26.3. The largest absolute Gasteiger partial charge is 0.459 e. The van der Waals surface area contributed by atoms with E-state index in [1.807, 2.05) is 37.3 Å². The molecule has 1 saturated heterocycles. The van der Waals surface area contributed by atoms with Crippen molar-refractivity contribution in [2.45, 2.75) is 50.5 Å². The second-order valence-electron chi connectivity index (χ2n) is 14.9. The number of rotatable bonds is 15. The molecule has 7 rings (SSSR count). The average Bonchev–Trinajstić information content (AvgIpc) is 3.90. The summed E-state index contributed by atoms with van der Waals surface area (Å²) in [6, 6.07) is 18.4. The van der Waals surface area contributed by atoms with Crippen LogP contribution in [-0.4, -0.2) is 113 Å². The number of likely N-dealkylation sites (N-methyl/N-ethyl adjacent to an activating group) is 1. The van der Waals surface area contributed by atoms with Crippen molar-refractivity contribution in [3.8, 4) is 16.9 Å². The molecule has 0 aliphatic carbocycles. The second kappa shape index (κ2) is 17.4. The van der Waals surface area contributed by atoms with Gasteiger partial charge in [-0.1, -0.05) is 43.3 Å². The highest BCUT2D eigenvalue weighted by atomic mass is 19.3. The Bertz CT molecular complexity index is 2420. The standard InChI is InChI=1S/C41H45F3N12O4/c1-5-35(28(2)60-38(57)24-51(3)4)56-39(58)55(27-48-56)37-17-15-32(23-46-37)53-20-18-52(19-21-53)31-13-10-29(11-14-31)30-12-16-36(45-22-30)41(43,44)40(59,25-54-26-47-49-50-54)33-8-6-7-9-34(33)42/h6-17,22-23,26-28,35,59H,5,18-21,24-25H2,1-4H3/t28-,35-,40-/m0/s1. The van der Waals surface area contributed by atoms with Crippen LogP contribution in [0, 0.1) is 5.82 Å². The molecule has 3 atom stereocenters. The summed E-state index contributed by atoms with van der Waals surface area (Å²) in [5.41, 5.74) is -1.59. The molecule has 60 heavy (non-hydrogen) atoms. The zero-order chi connectivity index (χ0) is 42.6. The molecule has 1 fully saturated rings. The number of piperazine rings is 1. The lowest BCUT2D eigenvalue weighted by Gasteiger charge is -2.37. The van der Waals surface area contributed by atoms with E-state index in [-0.39, 0.29) is 18.2 Å². The van der Waals surface area contributed by atoms with Gasteiger partial charge in [0.2, 0.25) is 0 Å². The molecule has 314 valence electrons. The van der Waals surface area contributed by atoms with Crippen LogP contribution in [0.2, 0.25) is 0 Å². The van der Waals surface area contributed by atoms with E-state index in [1.165, 1.54) is 40.0 Å². The molecule has 4 aromatic heterocycles. The Morgan fingerprint density at radius 1 is 0.900 bits per heavy atom. The highest BCUT2D eigenvalue weighted by Crippen LogP contribution is 2.46. The summed E-state index contributed by atoms with van der Waals surface area (Å²) in [4.78, 5) is 40.4. The van der Waals surface area contributed by atoms with Crippen LogP contribution in [0.3, 0.4) is 0 Å². The number of anilines is 2. The number of halogens is 3. The van der Waals surface area contributed by atoms with E-state index in [4.69, 9.17) is 4.74 Å². The normalized spacial score (nSPS) is 15.5. The molecule has 0 saturated carbocycles. The number of pyridine rings is 2. The number of hydrogen-bond acceptors (Lipinski definition) is 13. The molecule has 1 aliphatic rings. The first-order chi connectivity index (χ1) is 28.8. The van der Waals surface area contributed by atoms with Crippen LogP contribution in [-0.2, 0) is 27.6 Å². The molecule has 0 bridgehead atoms. The first-order valence-corrected chi connectivity index (χ1v) is 19.4. The van der Waals surface area contributed by atoms with Crippen molar-refractivity contribution in [2.75, 3.05) is 56.6 Å². The van der Waals surface area contributed by atoms with Crippen molar-refractivity contribution in [3.05, 3.63) is 125 Å². The quantitative estimate of drug-likeness (QED) is 0.148. The molecule has 5 heterocycles. The Hall–Kier alpha value is -6.47. The Kier molecular flexibility index (Phi) is 12.1. The molecule has 0 radical (unpaired) electrons. The molecule has 19 heteroatoms. The number of aliphatic hydroxyl groups is 1. The van der Waals surface area contributed by atoms with Gasteiger partial charge in [-0.3, -0.25) is 14.7 Å². The van der Waals surface area contributed by atoms with Gasteiger partial charge in [0, 0.05) is 49.2 Å². The van der Waals surface area contributed by atoms with Crippen molar-refractivity contribution >= 4 is 17.3 Å². The second-order valence-corrected chi connectivity index (χ2v) is 14.9. The number of alkyl halides is 2. The topological polar surface area (TPSA) is 165 Å². The predicted molar refractivity (Wildman–Crippen MR) is 215 cm³/mol. The molecule has 0 amide bonds. The van der Waals surface area contributed by atoms with Gasteiger partial charge in [-0.25, -0.2) is 28.1 Å². The Morgan fingerprint density at radius 3 is 2.18 bits per heavy atom. The number of carbonyl (C=O) groups is 1. The first-order valence-electron chi connectivity index (χ1n) is 19.4. The van der Waals surface area contributed by atoms with Gasteiger partial charge in [0.05, 0.1) is 31.0 Å². The number of ether oxygens (including phenoxy) is 1. The molecular formula is C41H45F3N12O4. The molecule has 16 nitrogen and oxygen atoms in total. The van der Waals surface area contributed by atoms with E-state index < -0.39 is 47.3 Å². The number of aromatic nitrogens is 9. The minimum Gasteiger partial charge on any atom is -0.459 e. The third-order valence-electron chi connectivity index (χ3n) is 10.6. The van der Waals surface area contributed by atoms with Crippen LogP contribution in [0.5, 0.6) is 0 Å². The zero-order valence-corrected chi connectivity index (χ0v) is 33.5. The fourth-order valence-corrected chi connectivity index (χ4v) is 7.38. The summed E-state index contributed by atoms with van der Waals surface area (Å²) in [7, 11) is 3.56. The van der Waals surface area contributed by atoms with Gasteiger partial charge in [-0.15, -0.1) is 5.10 Å². The summed E-state index contributed by atoms with van der Waals surface area (Å²) in [6.07, 6.45) is 5.49. The maximum Gasteiger partial charge on any atom is 0.351 e. The van der Waals surface area contributed by atoms with Gasteiger partial charge in [0.25, 0.3) is 0 Å². The third kappa shape index (κ3) is 8.48. The van der Waals surface area contributed by atoms with E-state index in [1.54, 1.807) is 38.2 Å². The van der Waals surface area contributed by atoms with Crippen LogP contribution < -0.4 is 15.5 Å². The van der Waals surface area contributed by atoms with E-state index in [2.05, 4.69) is 40.4 Å². The smallest absolute Gasteiger partial charge is 0.351 e. The number of esters is 1. The lowest BCUT2D eigenvalue weighted by Crippen LogP contribution is -2.48. The van der Waals surface area contributed by atoms with Crippen LogP contribution >= 0.6 is 0 Å². The van der Waals surface area contributed by atoms with Crippen molar-refractivity contribution in [2.24, 2.45) is 0 Å². The van der Waals surface area contributed by atoms with E-state index in [0.717, 1.165) is 72.3 Å². The Balaban J connectivity index is 0.971. The molecule has 1 aliphatic heterocycles. The number of nitrogens with zero attached hydrogens (tertiary/aromatic N) is 12. The monoisotopic (exact) mass is 826 g/mol. The van der Waals surface area contributed by atoms with Crippen LogP contribution in [0.1, 0.15) is 37.6 Å². The zero-order valence-electron chi connectivity index (χ0n) is 33.5. The van der Waals surface area contributed by atoms with Crippen molar-refractivity contribution in [1.82, 2.24) is 49.4 Å². The van der Waals surface area contributed by atoms with Gasteiger partial charge in [-0.2, -0.15) is 13.9 Å². The van der Waals surface area contributed by atoms with Gasteiger partial charge < -0.3 is 19.6 Å². The fourth-order valence-electron chi connectivity index (χ4n) is 7.38. The highest BCUT2D eigenvalue weighted by Gasteiger charge is 2.57. The summed E-state index contributed by atoms with van der Waals surface area (Å²) >= 11 is 0. The first kappa shape index (κ1) is 41.7. The number of benzene rings is 2. The molecule has 0 spiro atoms. The van der Waals surface area contributed by atoms with Crippen LogP contribution in [0.25, 0.3) is 16.9 Å². The van der Waals surface area contributed by atoms with Crippen molar-refractivity contribution in [3.63, 3.8) is 0 Å². The highest BCUT2D eigenvalue weighted by molar-refractivity contribution is 5.71. The number of carbonyl (C=O) groups excluding carboxylic acids is 1. The molecule has 1 N–H and O–H groups in total. The minimum absolute atomic E-state index is 0.135. The SMILES string of the molecule is CC[C@@H]([C@H](C)OC(=O)CN(C)C)n1ncn(-c2ccc(N3CCN(c4ccc(-c5ccc(C(F)(F)[C@](O)(Cn6cnnn6)c6ccccc6F)nc5)cc4)CC3)cn2)c1=O. The maximum absolute atomic E-state index is 16.2. The summed E-state index contributed by atoms with van der Waals surface area (Å²) in [6.45, 7) is 5.86. The number of hydrogen-bond donors (Lipinski definition) is 1. The van der Waals surface area contributed by atoms with Gasteiger partial charge in [0.15, 0.2) is 5.60 Å². The molecule has 0 unspecified atom stereocenters. The lowest BCUT2D eigenvalue weighted by atomic mass is 9.84. The van der Waals surface area contributed by atoms with Crippen molar-refractivity contribution in [1.29, 1.82) is 0 Å². The van der Waals surface area contributed by atoms with Gasteiger partial charge >= 0.3 is 17.6 Å². The van der Waals surface area contributed by atoms with Crippen LogP contribution in [0.15, 0.2) is 103 Å². The molecule has 2 aromatic carbocycles. The average molecular weight is 827 g/mol. The number of tetrazole rings is 1. The van der Waals surface area contributed by atoms with Crippen molar-refractivity contribution < 1.29 is 27.8 Å². The van der Waals surface area contributed by atoms with Crippen LogP contribution in [0.4, 0.5) is 24.5 Å². The van der Waals surface area contributed by atoms with Gasteiger partial charge in [0.1, 0.15) is 36.1 Å². The van der Waals surface area contributed by atoms with E-state index in [0.29, 0.717) is 17.8 Å². The third-order valence-corrected chi connectivity index (χ3v) is 10.6. The Morgan fingerprint density at radius 2 is 1.58 bits per heavy atom. The van der Waals surface area contributed by atoms with Gasteiger partial charge in [-0.05, 0) is 79.8 Å². The fraction of sp³-hybridized carbons (Fsp3) is 0.366. The summed E-state index contributed by atoms with van der Waals surface area (Å²) < 4.78 is 56.5. The predicted octanol–water partition coefficient (Wildman–Crippen LogP) is 4.07. The lowest BCUT2D eigenvalue weighted by molar-refractivity contribution is -0.207. The summed E-state index contributed by atoms with van der Waals surface area (Å²) in [5.74, 6) is -5.01. The van der Waals surface area contributed by atoms with E-state index >= 15 is 8.78 Å². The minimum atomic E-state index is -4.04. The molecular weight excluding hydrogens is 782 g/mol.